The van der Waals surface area contributed by atoms with Gasteiger partial charge in [0.1, 0.15) is 0 Å². The van der Waals surface area contributed by atoms with Crippen LogP contribution in [0.1, 0.15) is 24.1 Å². The molecule has 1 aliphatic carbocycles. The molecule has 1 aromatic carbocycles. The largest absolute Gasteiger partial charge is 0.469 e. The highest BCUT2D eigenvalue weighted by molar-refractivity contribution is 5.84. The monoisotopic (exact) mass is 243 g/mol. The topological polar surface area (TPSA) is 42.1 Å². The second kappa shape index (κ2) is 4.48. The maximum absolute atomic E-state index is 11.3. The molecule has 2 aromatic rings. The van der Waals surface area contributed by atoms with Crippen LogP contribution in [0.2, 0.25) is 0 Å². The number of nitrogens with one attached hydrogen (secondary N) is 1. The minimum absolute atomic E-state index is 0.0976. The molecule has 0 amide bonds. The molecular formula is C15H17NO2. The van der Waals surface area contributed by atoms with Gasteiger partial charge in [-0.05, 0) is 36.8 Å². The molecular weight excluding hydrogens is 226 g/mol. The standard InChI is InChI=1S/C15H17NO2/c1-18-15(17)9-10-6-7-12-11-4-2-3-5-13(11)16-14(12)8-10/h2-5,10,16H,6-9H2,1H3/t10-/m1/s1. The van der Waals surface area contributed by atoms with Crippen molar-refractivity contribution >= 4 is 16.9 Å². The van der Waals surface area contributed by atoms with Crippen molar-refractivity contribution in [3.63, 3.8) is 0 Å². The number of aryl methyl sites for hydroxylation is 1. The molecule has 0 saturated heterocycles. The predicted molar refractivity (Wildman–Crippen MR) is 70.4 cm³/mol. The maximum Gasteiger partial charge on any atom is 0.305 e. The number of rotatable bonds is 2. The normalized spacial score (nSPS) is 18.6. The number of aromatic nitrogens is 1. The van der Waals surface area contributed by atoms with E-state index in [1.165, 1.54) is 29.3 Å². The molecule has 0 radical (unpaired) electrons. The molecule has 3 rings (SSSR count). The summed E-state index contributed by atoms with van der Waals surface area (Å²) in [5.41, 5.74) is 3.95. The van der Waals surface area contributed by atoms with Gasteiger partial charge in [0.2, 0.25) is 0 Å². The zero-order chi connectivity index (χ0) is 12.5. The van der Waals surface area contributed by atoms with E-state index in [2.05, 4.69) is 29.2 Å². The van der Waals surface area contributed by atoms with Gasteiger partial charge in [-0.25, -0.2) is 0 Å². The molecule has 0 aliphatic heterocycles. The number of methoxy groups -OCH3 is 1. The molecule has 0 spiro atoms. The second-order valence-electron chi connectivity index (χ2n) is 5.02. The number of esters is 1. The van der Waals surface area contributed by atoms with Gasteiger partial charge in [0, 0.05) is 23.0 Å². The van der Waals surface area contributed by atoms with Gasteiger partial charge in [-0.1, -0.05) is 18.2 Å². The van der Waals surface area contributed by atoms with Gasteiger partial charge >= 0.3 is 5.97 Å². The summed E-state index contributed by atoms with van der Waals surface area (Å²) in [5, 5.41) is 1.34. The first kappa shape index (κ1) is 11.3. The Morgan fingerprint density at radius 1 is 1.44 bits per heavy atom. The summed E-state index contributed by atoms with van der Waals surface area (Å²) in [6.07, 6.45) is 3.62. The van der Waals surface area contributed by atoms with Gasteiger partial charge in [0.05, 0.1) is 7.11 Å². The van der Waals surface area contributed by atoms with Crippen LogP contribution in [-0.2, 0) is 22.4 Å². The number of benzene rings is 1. The molecule has 0 bridgehead atoms. The van der Waals surface area contributed by atoms with Crippen molar-refractivity contribution in [2.24, 2.45) is 5.92 Å². The lowest BCUT2D eigenvalue weighted by molar-refractivity contribution is -0.141. The average molecular weight is 243 g/mol. The molecule has 3 heteroatoms. The number of H-pyrrole nitrogens is 1. The summed E-state index contributed by atoms with van der Waals surface area (Å²) in [6, 6.07) is 8.42. The zero-order valence-electron chi connectivity index (χ0n) is 10.5. The van der Waals surface area contributed by atoms with Crippen molar-refractivity contribution in [2.75, 3.05) is 7.11 Å². The minimum Gasteiger partial charge on any atom is -0.469 e. The van der Waals surface area contributed by atoms with E-state index in [9.17, 15) is 4.79 Å². The zero-order valence-corrected chi connectivity index (χ0v) is 10.5. The van der Waals surface area contributed by atoms with Crippen molar-refractivity contribution in [2.45, 2.75) is 25.7 Å². The van der Waals surface area contributed by atoms with Crippen molar-refractivity contribution in [3.8, 4) is 0 Å². The third-order valence-corrected chi connectivity index (χ3v) is 3.88. The predicted octanol–water partition coefficient (Wildman–Crippen LogP) is 2.84. The lowest BCUT2D eigenvalue weighted by Gasteiger charge is -2.21. The lowest BCUT2D eigenvalue weighted by Crippen LogP contribution is -2.18. The van der Waals surface area contributed by atoms with Crippen molar-refractivity contribution < 1.29 is 9.53 Å². The maximum atomic E-state index is 11.3. The smallest absolute Gasteiger partial charge is 0.305 e. The average Bonchev–Trinajstić information content (AvgIpc) is 2.76. The van der Waals surface area contributed by atoms with E-state index < -0.39 is 0 Å². The Bertz CT molecular complexity index is 585. The van der Waals surface area contributed by atoms with Crippen LogP contribution in [0.5, 0.6) is 0 Å². The van der Waals surface area contributed by atoms with E-state index in [4.69, 9.17) is 4.74 Å². The Kier molecular flexibility index (Phi) is 2.82. The number of ether oxygens (including phenoxy) is 1. The van der Waals surface area contributed by atoms with E-state index in [1.54, 1.807) is 0 Å². The molecule has 0 saturated carbocycles. The van der Waals surface area contributed by atoms with Crippen LogP contribution in [0.3, 0.4) is 0 Å². The van der Waals surface area contributed by atoms with Crippen LogP contribution in [0.15, 0.2) is 24.3 Å². The third kappa shape index (κ3) is 1.90. The summed E-state index contributed by atoms with van der Waals surface area (Å²) in [6.45, 7) is 0. The minimum atomic E-state index is -0.0976. The molecule has 18 heavy (non-hydrogen) atoms. The van der Waals surface area contributed by atoms with Gasteiger partial charge in [0.25, 0.3) is 0 Å². The Morgan fingerprint density at radius 2 is 2.28 bits per heavy atom. The number of aromatic amines is 1. The number of hydrogen-bond acceptors (Lipinski definition) is 2. The Balaban J connectivity index is 1.87. The van der Waals surface area contributed by atoms with Crippen LogP contribution in [-0.4, -0.2) is 18.1 Å². The number of carbonyl (C=O) groups is 1. The SMILES string of the molecule is COC(=O)C[C@@H]1CCc2c([nH]c3ccccc23)C1. The van der Waals surface area contributed by atoms with Gasteiger partial charge < -0.3 is 9.72 Å². The lowest BCUT2D eigenvalue weighted by atomic mass is 9.85. The van der Waals surface area contributed by atoms with Crippen molar-refractivity contribution in [1.29, 1.82) is 0 Å². The summed E-state index contributed by atoms with van der Waals surface area (Å²) >= 11 is 0. The Morgan fingerprint density at radius 3 is 3.11 bits per heavy atom. The van der Waals surface area contributed by atoms with Crippen LogP contribution < -0.4 is 0 Å². The van der Waals surface area contributed by atoms with Gasteiger partial charge in [-0.3, -0.25) is 4.79 Å². The van der Waals surface area contributed by atoms with Crippen molar-refractivity contribution in [1.82, 2.24) is 4.98 Å². The summed E-state index contributed by atoms with van der Waals surface area (Å²) in [5.74, 6) is 0.317. The Labute approximate surface area is 106 Å². The quantitative estimate of drug-likeness (QED) is 0.824. The van der Waals surface area contributed by atoms with E-state index in [1.807, 2.05) is 0 Å². The third-order valence-electron chi connectivity index (χ3n) is 3.88. The molecule has 1 atom stereocenters. The van der Waals surface area contributed by atoms with E-state index in [0.29, 0.717) is 12.3 Å². The van der Waals surface area contributed by atoms with Gasteiger partial charge in [-0.2, -0.15) is 0 Å². The molecule has 1 aliphatic rings. The first-order valence-corrected chi connectivity index (χ1v) is 6.43. The fraction of sp³-hybridized carbons (Fsp3) is 0.400. The highest BCUT2D eigenvalue weighted by atomic mass is 16.5. The van der Waals surface area contributed by atoms with E-state index >= 15 is 0 Å². The number of fused-ring (bicyclic) bond motifs is 3. The molecule has 0 unspecified atom stereocenters. The van der Waals surface area contributed by atoms with Gasteiger partial charge in [0.15, 0.2) is 0 Å². The number of hydrogen-bond donors (Lipinski definition) is 1. The Hall–Kier alpha value is -1.77. The van der Waals surface area contributed by atoms with Gasteiger partial charge in [-0.15, -0.1) is 0 Å². The van der Waals surface area contributed by atoms with Crippen molar-refractivity contribution in [3.05, 3.63) is 35.5 Å². The number of carbonyl (C=O) groups excluding carboxylic acids is 1. The molecule has 3 nitrogen and oxygen atoms in total. The van der Waals surface area contributed by atoms with Crippen LogP contribution in [0, 0.1) is 5.92 Å². The fourth-order valence-electron chi connectivity index (χ4n) is 2.95. The molecule has 1 N–H and O–H groups in total. The molecule has 94 valence electrons. The summed E-state index contributed by atoms with van der Waals surface area (Å²) < 4.78 is 4.75. The summed E-state index contributed by atoms with van der Waals surface area (Å²) in [4.78, 5) is 14.8. The second-order valence-corrected chi connectivity index (χ2v) is 5.02. The first-order chi connectivity index (χ1) is 8.78. The molecule has 0 fully saturated rings. The number of para-hydroxylation sites is 1. The van der Waals surface area contributed by atoms with E-state index in [0.717, 1.165) is 19.3 Å². The van der Waals surface area contributed by atoms with Crippen LogP contribution >= 0.6 is 0 Å². The fourth-order valence-corrected chi connectivity index (χ4v) is 2.95. The molecule has 1 aromatic heterocycles. The van der Waals surface area contributed by atoms with Crippen LogP contribution in [0.25, 0.3) is 10.9 Å². The first-order valence-electron chi connectivity index (χ1n) is 6.43. The van der Waals surface area contributed by atoms with E-state index in [-0.39, 0.29) is 5.97 Å². The van der Waals surface area contributed by atoms with Crippen LogP contribution in [0.4, 0.5) is 0 Å². The molecule has 1 heterocycles. The summed E-state index contributed by atoms with van der Waals surface area (Å²) in [7, 11) is 1.46. The highest BCUT2D eigenvalue weighted by Gasteiger charge is 2.24. The highest BCUT2D eigenvalue weighted by Crippen LogP contribution is 2.32.